The van der Waals surface area contributed by atoms with Gasteiger partial charge in [-0.1, -0.05) is 0 Å². The van der Waals surface area contributed by atoms with Crippen molar-refractivity contribution >= 4 is 42.3 Å². The van der Waals surface area contributed by atoms with Gasteiger partial charge in [0.15, 0.2) is 0 Å². The van der Waals surface area contributed by atoms with E-state index >= 15 is 0 Å². The van der Waals surface area contributed by atoms with Gasteiger partial charge in [0.2, 0.25) is 6.41 Å². The quantitative estimate of drug-likeness (QED) is 0.388. The fraction of sp³-hybridized carbons (Fsp3) is 0.400. The summed E-state index contributed by atoms with van der Waals surface area (Å²) < 4.78 is 0. The average Bonchev–Trinajstić information content (AvgIpc) is 1.91. The first-order valence-electron chi connectivity index (χ1n) is 2.37. The van der Waals surface area contributed by atoms with E-state index in [4.69, 9.17) is 5.26 Å². The normalized spacial score (nSPS) is 9.90. The van der Waals surface area contributed by atoms with Gasteiger partial charge in [-0.15, -0.1) is 0 Å². The standard InChI is InChI=1S/C5H6N2O2.Na.H/c6-1-5(3-8)2-7-4-9;;/h3-5H,2H2,(H,7,9);;. The van der Waals surface area contributed by atoms with Gasteiger partial charge >= 0.3 is 29.6 Å². The molecule has 0 spiro atoms. The summed E-state index contributed by atoms with van der Waals surface area (Å²) in [4.78, 5) is 19.5. The van der Waals surface area contributed by atoms with Crippen LogP contribution in [-0.2, 0) is 9.59 Å². The van der Waals surface area contributed by atoms with Crippen LogP contribution in [0.3, 0.4) is 0 Å². The molecule has 5 heteroatoms. The van der Waals surface area contributed by atoms with Crippen molar-refractivity contribution in [1.82, 2.24) is 5.32 Å². The predicted octanol–water partition coefficient (Wildman–Crippen LogP) is -1.58. The van der Waals surface area contributed by atoms with Gasteiger partial charge in [0.1, 0.15) is 12.2 Å². The zero-order valence-corrected chi connectivity index (χ0v) is 4.70. The molecule has 1 amide bonds. The monoisotopic (exact) mass is 150 g/mol. The molecule has 1 unspecified atom stereocenters. The van der Waals surface area contributed by atoms with Gasteiger partial charge in [0.25, 0.3) is 0 Å². The number of carbonyl (C=O) groups is 2. The van der Waals surface area contributed by atoms with Gasteiger partial charge in [0.05, 0.1) is 6.07 Å². The molecule has 0 aliphatic rings. The number of hydrogen-bond acceptors (Lipinski definition) is 3. The molecule has 0 aromatic carbocycles. The Morgan fingerprint density at radius 3 is 2.50 bits per heavy atom. The Hall–Kier alpha value is -0.370. The van der Waals surface area contributed by atoms with Gasteiger partial charge < -0.3 is 10.1 Å². The Morgan fingerprint density at radius 1 is 1.60 bits per heavy atom. The number of carbonyl (C=O) groups excluding carboxylic acids is 2. The van der Waals surface area contributed by atoms with Crippen LogP contribution in [0.2, 0.25) is 0 Å². The van der Waals surface area contributed by atoms with E-state index in [0.717, 1.165) is 0 Å². The number of nitriles is 1. The number of nitrogens with one attached hydrogen (secondary N) is 1. The number of hydrogen-bond donors (Lipinski definition) is 1. The van der Waals surface area contributed by atoms with Crippen molar-refractivity contribution in [3.05, 3.63) is 0 Å². The zero-order chi connectivity index (χ0) is 7.11. The third-order valence-corrected chi connectivity index (χ3v) is 0.751. The number of aldehydes is 1. The topological polar surface area (TPSA) is 70.0 Å². The van der Waals surface area contributed by atoms with Crippen molar-refractivity contribution in [3.63, 3.8) is 0 Å². The molecular formula is C5H7N2NaO2. The molecule has 4 nitrogen and oxygen atoms in total. The van der Waals surface area contributed by atoms with Crippen LogP contribution in [0.15, 0.2) is 0 Å². The van der Waals surface area contributed by atoms with Gasteiger partial charge in [-0.2, -0.15) is 5.26 Å². The Balaban J connectivity index is 0. The predicted molar refractivity (Wildman–Crippen MR) is 36.4 cm³/mol. The van der Waals surface area contributed by atoms with E-state index in [9.17, 15) is 9.59 Å². The van der Waals surface area contributed by atoms with Crippen LogP contribution < -0.4 is 5.32 Å². The van der Waals surface area contributed by atoms with Crippen LogP contribution in [0.4, 0.5) is 0 Å². The molecule has 1 N–H and O–H groups in total. The summed E-state index contributed by atoms with van der Waals surface area (Å²) in [5, 5.41) is 10.3. The van der Waals surface area contributed by atoms with Gasteiger partial charge in [-0.3, -0.25) is 4.79 Å². The molecule has 0 aromatic rings. The van der Waals surface area contributed by atoms with Crippen molar-refractivity contribution in [2.75, 3.05) is 6.54 Å². The minimum absolute atomic E-state index is 0. The molecular weight excluding hydrogens is 143 g/mol. The van der Waals surface area contributed by atoms with Crippen LogP contribution in [-0.4, -0.2) is 48.8 Å². The average molecular weight is 150 g/mol. The second kappa shape index (κ2) is 8.63. The fourth-order valence-electron chi connectivity index (χ4n) is 0.299. The maximum absolute atomic E-state index is 9.86. The molecule has 0 heterocycles. The third-order valence-electron chi connectivity index (χ3n) is 0.751. The molecule has 0 bridgehead atoms. The van der Waals surface area contributed by atoms with Crippen molar-refractivity contribution in [2.45, 2.75) is 0 Å². The Kier molecular flexibility index (Phi) is 10.6. The second-order valence-electron chi connectivity index (χ2n) is 1.40. The zero-order valence-electron chi connectivity index (χ0n) is 4.70. The number of amides is 1. The van der Waals surface area contributed by atoms with E-state index in [-0.39, 0.29) is 36.1 Å². The first-order chi connectivity index (χ1) is 4.35. The molecule has 0 saturated carbocycles. The summed E-state index contributed by atoms with van der Waals surface area (Å²) in [7, 11) is 0. The molecule has 0 fully saturated rings. The van der Waals surface area contributed by atoms with E-state index in [1.165, 1.54) is 0 Å². The molecule has 10 heavy (non-hydrogen) atoms. The summed E-state index contributed by atoms with van der Waals surface area (Å²) in [6.45, 7) is 0.101. The molecule has 0 aliphatic heterocycles. The van der Waals surface area contributed by atoms with Gasteiger partial charge in [-0.25, -0.2) is 0 Å². The Bertz CT molecular complexity index is 143. The molecule has 0 aromatic heterocycles. The van der Waals surface area contributed by atoms with Crippen LogP contribution in [0.1, 0.15) is 0 Å². The molecule has 0 rings (SSSR count). The van der Waals surface area contributed by atoms with E-state index in [2.05, 4.69) is 5.32 Å². The van der Waals surface area contributed by atoms with Crippen molar-refractivity contribution in [1.29, 1.82) is 5.26 Å². The van der Waals surface area contributed by atoms with E-state index < -0.39 is 5.92 Å². The third kappa shape index (κ3) is 5.76. The summed E-state index contributed by atoms with van der Waals surface area (Å²) >= 11 is 0. The SMILES string of the molecule is N#CC(C=O)CNC=O.[NaH]. The van der Waals surface area contributed by atoms with Gasteiger partial charge in [-0.05, 0) is 0 Å². The Morgan fingerprint density at radius 2 is 2.20 bits per heavy atom. The first kappa shape index (κ1) is 12.3. The van der Waals surface area contributed by atoms with Crippen LogP contribution in [0.5, 0.6) is 0 Å². The minimum atomic E-state index is -0.713. The first-order valence-corrected chi connectivity index (χ1v) is 2.37. The van der Waals surface area contributed by atoms with Crippen LogP contribution in [0, 0.1) is 17.2 Å². The van der Waals surface area contributed by atoms with Crippen LogP contribution in [0.25, 0.3) is 0 Å². The van der Waals surface area contributed by atoms with Gasteiger partial charge in [0, 0.05) is 6.54 Å². The maximum atomic E-state index is 9.86. The van der Waals surface area contributed by atoms with E-state index in [0.29, 0.717) is 12.7 Å². The molecule has 0 aliphatic carbocycles. The number of nitrogens with zero attached hydrogens (tertiary/aromatic N) is 1. The fourth-order valence-corrected chi connectivity index (χ4v) is 0.299. The summed E-state index contributed by atoms with van der Waals surface area (Å²) in [5.41, 5.74) is 0. The molecule has 0 saturated heterocycles. The Labute approximate surface area is 80.9 Å². The van der Waals surface area contributed by atoms with Crippen molar-refractivity contribution in [3.8, 4) is 6.07 Å². The number of rotatable bonds is 4. The van der Waals surface area contributed by atoms with E-state index in [1.807, 2.05) is 0 Å². The molecule has 0 radical (unpaired) electrons. The summed E-state index contributed by atoms with van der Waals surface area (Å²) in [6, 6.07) is 1.70. The van der Waals surface area contributed by atoms with Crippen molar-refractivity contribution < 1.29 is 9.59 Å². The summed E-state index contributed by atoms with van der Waals surface area (Å²) in [5.74, 6) is -0.713. The van der Waals surface area contributed by atoms with Crippen molar-refractivity contribution in [2.24, 2.45) is 5.92 Å². The molecule has 1 atom stereocenters. The second-order valence-corrected chi connectivity index (χ2v) is 1.40. The molecule has 50 valence electrons. The van der Waals surface area contributed by atoms with E-state index in [1.54, 1.807) is 6.07 Å². The van der Waals surface area contributed by atoms with Crippen LogP contribution >= 0.6 is 0 Å². The summed E-state index contributed by atoms with van der Waals surface area (Å²) in [6.07, 6.45) is 0.949.